The Balaban J connectivity index is 1.48. The van der Waals surface area contributed by atoms with Gasteiger partial charge in [0.2, 0.25) is 0 Å². The van der Waals surface area contributed by atoms with E-state index >= 15 is 0 Å². The largest absolute Gasteiger partial charge is 0.493 e. The molecule has 150 valence electrons. The predicted octanol–water partition coefficient (Wildman–Crippen LogP) is 2.44. The maximum atomic E-state index is 12.4. The number of benzene rings is 1. The number of methoxy groups -OCH3 is 2. The van der Waals surface area contributed by atoms with Gasteiger partial charge < -0.3 is 19.7 Å². The molecule has 0 radical (unpaired) electrons. The SMILES string of the molecule is COc1cc2ncnc(N3CCC(NC(=O)c4cccnc4)CC3)c2cc1OC. The van der Waals surface area contributed by atoms with E-state index in [9.17, 15) is 4.79 Å². The summed E-state index contributed by atoms with van der Waals surface area (Å²) in [5.74, 6) is 2.07. The number of hydrogen-bond donors (Lipinski definition) is 1. The van der Waals surface area contributed by atoms with Crippen molar-refractivity contribution in [2.45, 2.75) is 18.9 Å². The second kappa shape index (κ2) is 8.30. The van der Waals surface area contributed by atoms with Crippen LogP contribution in [0.5, 0.6) is 11.5 Å². The van der Waals surface area contributed by atoms with Crippen LogP contribution in [0.3, 0.4) is 0 Å². The average Bonchev–Trinajstić information content (AvgIpc) is 2.78. The van der Waals surface area contributed by atoms with Crippen LogP contribution in [0.4, 0.5) is 5.82 Å². The fraction of sp³-hybridized carbons (Fsp3) is 0.333. The van der Waals surface area contributed by atoms with Crippen molar-refractivity contribution >= 4 is 22.6 Å². The van der Waals surface area contributed by atoms with Crippen LogP contribution in [0.25, 0.3) is 10.9 Å². The summed E-state index contributed by atoms with van der Waals surface area (Å²) in [6.07, 6.45) is 6.49. The molecule has 0 spiro atoms. The lowest BCUT2D eigenvalue weighted by Gasteiger charge is -2.33. The molecule has 4 rings (SSSR count). The van der Waals surface area contributed by atoms with Crippen LogP contribution in [0.1, 0.15) is 23.2 Å². The van der Waals surface area contributed by atoms with Gasteiger partial charge in [0.25, 0.3) is 5.91 Å². The molecule has 1 aliphatic rings. The van der Waals surface area contributed by atoms with E-state index in [4.69, 9.17) is 9.47 Å². The number of piperidine rings is 1. The number of fused-ring (bicyclic) bond motifs is 1. The van der Waals surface area contributed by atoms with Crippen LogP contribution in [-0.2, 0) is 0 Å². The van der Waals surface area contributed by atoms with Gasteiger partial charge in [0.1, 0.15) is 12.1 Å². The molecule has 1 saturated heterocycles. The predicted molar refractivity (Wildman–Crippen MR) is 110 cm³/mol. The van der Waals surface area contributed by atoms with Gasteiger partial charge >= 0.3 is 0 Å². The molecule has 1 fully saturated rings. The Morgan fingerprint density at radius 1 is 1.14 bits per heavy atom. The molecular weight excluding hydrogens is 370 g/mol. The first-order chi connectivity index (χ1) is 14.2. The van der Waals surface area contributed by atoms with Gasteiger partial charge in [0.05, 0.1) is 25.3 Å². The molecule has 1 aliphatic heterocycles. The Kier molecular flexibility index (Phi) is 5.41. The smallest absolute Gasteiger partial charge is 0.253 e. The Hall–Kier alpha value is -3.42. The maximum Gasteiger partial charge on any atom is 0.253 e. The fourth-order valence-corrected chi connectivity index (χ4v) is 3.62. The first kappa shape index (κ1) is 18.9. The number of rotatable bonds is 5. The maximum absolute atomic E-state index is 12.4. The molecule has 0 aliphatic carbocycles. The van der Waals surface area contributed by atoms with Gasteiger partial charge in [-0.1, -0.05) is 0 Å². The lowest BCUT2D eigenvalue weighted by atomic mass is 10.0. The van der Waals surface area contributed by atoms with E-state index in [0.29, 0.717) is 17.1 Å². The highest BCUT2D eigenvalue weighted by Crippen LogP contribution is 2.35. The van der Waals surface area contributed by atoms with Crippen molar-refractivity contribution in [3.63, 3.8) is 0 Å². The number of hydrogen-bond acceptors (Lipinski definition) is 7. The Bertz CT molecular complexity index is 1000. The van der Waals surface area contributed by atoms with Gasteiger partial charge in [-0.05, 0) is 31.0 Å². The van der Waals surface area contributed by atoms with Crippen LogP contribution in [0.15, 0.2) is 43.0 Å². The number of carbonyl (C=O) groups excluding carboxylic acids is 1. The van der Waals surface area contributed by atoms with E-state index < -0.39 is 0 Å². The summed E-state index contributed by atoms with van der Waals surface area (Å²) in [4.78, 5) is 27.5. The van der Waals surface area contributed by atoms with Crippen molar-refractivity contribution in [1.29, 1.82) is 0 Å². The molecule has 0 unspecified atom stereocenters. The highest BCUT2D eigenvalue weighted by Gasteiger charge is 2.24. The minimum atomic E-state index is -0.0825. The lowest BCUT2D eigenvalue weighted by Crippen LogP contribution is -2.45. The molecular formula is C21H23N5O3. The van der Waals surface area contributed by atoms with Crippen molar-refractivity contribution in [1.82, 2.24) is 20.3 Å². The third kappa shape index (κ3) is 3.91. The van der Waals surface area contributed by atoms with E-state index in [0.717, 1.165) is 42.7 Å². The van der Waals surface area contributed by atoms with Gasteiger partial charge in [-0.25, -0.2) is 9.97 Å². The average molecular weight is 393 g/mol. The Labute approximate surface area is 168 Å². The quantitative estimate of drug-likeness (QED) is 0.712. The van der Waals surface area contributed by atoms with E-state index in [1.807, 2.05) is 12.1 Å². The molecule has 0 atom stereocenters. The summed E-state index contributed by atoms with van der Waals surface area (Å²) in [6.45, 7) is 1.58. The van der Waals surface area contributed by atoms with Gasteiger partial charge in [-0.3, -0.25) is 9.78 Å². The van der Waals surface area contributed by atoms with Gasteiger partial charge in [-0.15, -0.1) is 0 Å². The molecule has 1 amide bonds. The third-order valence-corrected chi connectivity index (χ3v) is 5.17. The van der Waals surface area contributed by atoms with Crippen molar-refractivity contribution in [3.8, 4) is 11.5 Å². The number of anilines is 1. The molecule has 0 saturated carbocycles. The Morgan fingerprint density at radius 2 is 1.90 bits per heavy atom. The monoisotopic (exact) mass is 393 g/mol. The molecule has 3 aromatic rings. The number of pyridine rings is 1. The number of ether oxygens (including phenoxy) is 2. The molecule has 8 nitrogen and oxygen atoms in total. The second-order valence-electron chi connectivity index (χ2n) is 6.90. The summed E-state index contributed by atoms with van der Waals surface area (Å²) in [5, 5.41) is 4.02. The fourth-order valence-electron chi connectivity index (χ4n) is 3.62. The highest BCUT2D eigenvalue weighted by molar-refractivity contribution is 5.94. The van der Waals surface area contributed by atoms with Crippen molar-refractivity contribution in [2.75, 3.05) is 32.2 Å². The number of nitrogens with zero attached hydrogens (tertiary/aromatic N) is 4. The number of amides is 1. The topological polar surface area (TPSA) is 89.5 Å². The van der Waals surface area contributed by atoms with Crippen molar-refractivity contribution < 1.29 is 14.3 Å². The summed E-state index contributed by atoms with van der Waals surface area (Å²) < 4.78 is 10.8. The van der Waals surface area contributed by atoms with Crippen LogP contribution in [0.2, 0.25) is 0 Å². The minimum Gasteiger partial charge on any atom is -0.493 e. The summed E-state index contributed by atoms with van der Waals surface area (Å²) in [6, 6.07) is 7.44. The van der Waals surface area contributed by atoms with E-state index in [2.05, 4.69) is 25.2 Å². The van der Waals surface area contributed by atoms with Crippen molar-refractivity contribution in [3.05, 3.63) is 48.5 Å². The third-order valence-electron chi connectivity index (χ3n) is 5.17. The van der Waals surface area contributed by atoms with Crippen LogP contribution in [-0.4, -0.2) is 54.2 Å². The molecule has 3 heterocycles. The van der Waals surface area contributed by atoms with E-state index in [-0.39, 0.29) is 11.9 Å². The molecule has 8 heteroatoms. The van der Waals surface area contributed by atoms with Crippen LogP contribution < -0.4 is 19.7 Å². The summed E-state index contributed by atoms with van der Waals surface area (Å²) in [7, 11) is 3.22. The van der Waals surface area contributed by atoms with Gasteiger partial charge in [-0.2, -0.15) is 0 Å². The second-order valence-corrected chi connectivity index (χ2v) is 6.90. The first-order valence-corrected chi connectivity index (χ1v) is 9.52. The van der Waals surface area contributed by atoms with Crippen molar-refractivity contribution in [2.24, 2.45) is 0 Å². The number of carbonyl (C=O) groups is 1. The lowest BCUT2D eigenvalue weighted by molar-refractivity contribution is 0.0930. The first-order valence-electron chi connectivity index (χ1n) is 9.52. The normalized spacial score (nSPS) is 14.6. The van der Waals surface area contributed by atoms with Crippen LogP contribution >= 0.6 is 0 Å². The van der Waals surface area contributed by atoms with Gasteiger partial charge in [0.15, 0.2) is 11.5 Å². The zero-order valence-electron chi connectivity index (χ0n) is 16.5. The minimum absolute atomic E-state index is 0.0825. The summed E-state index contributed by atoms with van der Waals surface area (Å²) in [5.41, 5.74) is 1.39. The molecule has 1 aromatic carbocycles. The van der Waals surface area contributed by atoms with Crippen LogP contribution in [0, 0.1) is 0 Å². The number of aromatic nitrogens is 3. The zero-order chi connectivity index (χ0) is 20.2. The number of nitrogens with one attached hydrogen (secondary N) is 1. The molecule has 29 heavy (non-hydrogen) atoms. The summed E-state index contributed by atoms with van der Waals surface area (Å²) >= 11 is 0. The van der Waals surface area contributed by atoms with E-state index in [1.165, 1.54) is 0 Å². The standard InChI is InChI=1S/C21H23N5O3/c1-28-18-10-16-17(11-19(18)29-2)23-13-24-20(16)26-8-5-15(6-9-26)25-21(27)14-4-3-7-22-12-14/h3-4,7,10-13,15H,5-6,8-9H2,1-2H3,(H,25,27). The van der Waals surface area contributed by atoms with E-state index in [1.54, 1.807) is 45.1 Å². The molecule has 1 N–H and O–H groups in total. The molecule has 2 aromatic heterocycles. The van der Waals surface area contributed by atoms with Gasteiger partial charge in [0, 0.05) is 43.0 Å². The highest BCUT2D eigenvalue weighted by atomic mass is 16.5. The Morgan fingerprint density at radius 3 is 2.59 bits per heavy atom. The zero-order valence-corrected chi connectivity index (χ0v) is 16.5. The molecule has 0 bridgehead atoms.